The largest absolute Gasteiger partial charge is 0.434 e. The lowest BCUT2D eigenvalue weighted by Crippen LogP contribution is -2.49. The Labute approximate surface area is 233 Å². The van der Waals surface area contributed by atoms with E-state index in [2.05, 4.69) is 44.6 Å². The van der Waals surface area contributed by atoms with Gasteiger partial charge in [0, 0.05) is 19.1 Å². The molecule has 3 saturated carbocycles. The number of fused-ring (bicyclic) bond motifs is 2. The number of imidazole rings is 1. The van der Waals surface area contributed by atoms with Gasteiger partial charge in [-0.1, -0.05) is 12.5 Å². The van der Waals surface area contributed by atoms with Crippen molar-refractivity contribution >= 4 is 22.9 Å². The highest BCUT2D eigenvalue weighted by Gasteiger charge is 2.39. The summed E-state index contributed by atoms with van der Waals surface area (Å²) in [6, 6.07) is 0.575. The molecule has 11 nitrogen and oxygen atoms in total. The quantitative estimate of drug-likeness (QED) is 0.391. The van der Waals surface area contributed by atoms with Crippen LogP contribution in [0.2, 0.25) is 0 Å². The number of ether oxygens (including phenoxy) is 1. The molecule has 3 aliphatic carbocycles. The summed E-state index contributed by atoms with van der Waals surface area (Å²) in [5, 5.41) is 10.1. The number of rotatable bonds is 8. The summed E-state index contributed by atoms with van der Waals surface area (Å²) in [6.45, 7) is 8.65. The maximum absolute atomic E-state index is 11.8. The molecule has 7 rings (SSSR count). The van der Waals surface area contributed by atoms with E-state index >= 15 is 0 Å². The molecular weight excluding hydrogens is 508 g/mol. The minimum Gasteiger partial charge on any atom is -0.384 e. The highest BCUT2D eigenvalue weighted by atomic mass is 16.5. The number of hydrogen-bond acceptors (Lipinski definition) is 9. The van der Waals surface area contributed by atoms with Gasteiger partial charge in [0.1, 0.15) is 5.52 Å². The van der Waals surface area contributed by atoms with Crippen molar-refractivity contribution in [2.24, 2.45) is 17.8 Å². The fourth-order valence-electron chi connectivity index (χ4n) is 7.25. The number of H-pyrrole nitrogens is 1. The van der Waals surface area contributed by atoms with Gasteiger partial charge in [0.05, 0.1) is 18.8 Å². The van der Waals surface area contributed by atoms with E-state index in [1.54, 1.807) is 0 Å². The number of morpholine rings is 1. The van der Waals surface area contributed by atoms with Crippen LogP contribution in [0, 0.1) is 17.8 Å². The van der Waals surface area contributed by atoms with Gasteiger partial charge in [-0.05, 0) is 82.5 Å². The fourth-order valence-corrected chi connectivity index (χ4v) is 7.25. The minimum absolute atomic E-state index is 0.0762. The second-order valence-electron chi connectivity index (χ2n) is 12.3. The molecule has 3 aromatic heterocycles. The molecule has 4 fully saturated rings. The summed E-state index contributed by atoms with van der Waals surface area (Å²) >= 11 is 0. The van der Waals surface area contributed by atoms with E-state index in [-0.39, 0.29) is 23.9 Å². The number of nitrogens with zero attached hydrogens (tertiary/aromatic N) is 6. The second-order valence-corrected chi connectivity index (χ2v) is 12.3. The lowest BCUT2D eigenvalue weighted by atomic mass is 9.80. The van der Waals surface area contributed by atoms with Crippen LogP contribution in [-0.2, 0) is 11.3 Å². The van der Waals surface area contributed by atoms with Crippen LogP contribution in [0.5, 0.6) is 0 Å². The van der Waals surface area contributed by atoms with E-state index in [1.807, 2.05) is 0 Å². The zero-order valence-corrected chi connectivity index (χ0v) is 23.3. The van der Waals surface area contributed by atoms with Crippen LogP contribution in [0.3, 0.4) is 0 Å². The van der Waals surface area contributed by atoms with Crippen molar-refractivity contribution in [3.8, 4) is 11.7 Å². The number of hydrogen-bond donors (Lipinski definition) is 2. The summed E-state index contributed by atoms with van der Waals surface area (Å²) in [4.78, 5) is 29.2. The highest BCUT2D eigenvalue weighted by molar-refractivity contribution is 5.87. The average molecular weight is 549 g/mol. The summed E-state index contributed by atoms with van der Waals surface area (Å²) in [5.41, 5.74) is 1.53. The predicted molar refractivity (Wildman–Crippen MR) is 152 cm³/mol. The van der Waals surface area contributed by atoms with Crippen molar-refractivity contribution < 1.29 is 9.15 Å². The Morgan fingerprint density at radius 3 is 2.65 bits per heavy atom. The molecule has 3 atom stereocenters. The number of aromatic amines is 1. The molecule has 2 unspecified atom stereocenters. The Bertz CT molecular complexity index is 1420. The molecule has 2 N–H and O–H groups in total. The molecule has 0 radical (unpaired) electrons. The number of allylic oxidation sites excluding steroid dienone is 1. The summed E-state index contributed by atoms with van der Waals surface area (Å²) in [6.07, 6.45) is 14.2. The molecule has 214 valence electrons. The maximum Gasteiger partial charge on any atom is 0.434 e. The van der Waals surface area contributed by atoms with E-state index in [4.69, 9.17) is 24.1 Å². The average Bonchev–Trinajstić information content (AvgIpc) is 3.66. The molecule has 0 aromatic carbocycles. The molecule has 0 amide bonds. The first-order valence-corrected chi connectivity index (χ1v) is 15.2. The van der Waals surface area contributed by atoms with Gasteiger partial charge < -0.3 is 23.9 Å². The maximum atomic E-state index is 11.8. The van der Waals surface area contributed by atoms with Gasteiger partial charge in [0.25, 0.3) is 5.89 Å². The topological polar surface area (TPSA) is 127 Å². The molecule has 3 aromatic rings. The molecule has 11 heteroatoms. The lowest BCUT2D eigenvalue weighted by Gasteiger charge is -2.39. The molecule has 40 heavy (non-hydrogen) atoms. The van der Waals surface area contributed by atoms with Crippen LogP contribution in [0.1, 0.15) is 71.1 Å². The Morgan fingerprint density at radius 1 is 1.10 bits per heavy atom. The van der Waals surface area contributed by atoms with Gasteiger partial charge in [-0.3, -0.25) is 0 Å². The van der Waals surface area contributed by atoms with E-state index in [0.29, 0.717) is 36.0 Å². The standard InChI is InChI=1S/C29H40N8O3/c1-3-18-10-12-19(13-11-18)16-37-23-24(30-17(2)20-6-4-7-20)31-26(27-34-35-29(38)40-27)32-25(23)33-28(37)36-14-15-39-22-9-5-8-21(22)36/h3,17-22H,1,4-16H2,2H3,(H,35,38)(H,30,31,32)/t17-,18-,19-,21?,22?/m1/s1. The van der Waals surface area contributed by atoms with Crippen LogP contribution in [0.25, 0.3) is 22.9 Å². The SMILES string of the molecule is C=C[C@H]1CC[C@H](Cn2c(N3CCOC4CCCC43)nc3nc(-c4n[nH]c(=O)o4)nc(N[C@H](C)C4CCC4)c32)CC1. The van der Waals surface area contributed by atoms with Gasteiger partial charge in [-0.2, -0.15) is 4.98 Å². The zero-order valence-electron chi connectivity index (χ0n) is 23.3. The predicted octanol–water partition coefficient (Wildman–Crippen LogP) is 4.52. The third-order valence-corrected chi connectivity index (χ3v) is 9.84. The van der Waals surface area contributed by atoms with Gasteiger partial charge >= 0.3 is 5.76 Å². The Kier molecular flexibility index (Phi) is 6.85. The van der Waals surface area contributed by atoms with Gasteiger partial charge in [-0.15, -0.1) is 11.7 Å². The number of anilines is 2. The van der Waals surface area contributed by atoms with E-state index in [1.165, 1.54) is 51.4 Å². The second kappa shape index (κ2) is 10.6. The molecule has 1 aliphatic heterocycles. The van der Waals surface area contributed by atoms with Crippen LogP contribution in [0.4, 0.5) is 11.8 Å². The van der Waals surface area contributed by atoms with Crippen molar-refractivity contribution in [2.75, 3.05) is 23.4 Å². The Balaban J connectivity index is 1.35. The minimum atomic E-state index is -0.627. The van der Waals surface area contributed by atoms with E-state index in [9.17, 15) is 4.79 Å². The molecule has 0 spiro atoms. The first-order chi connectivity index (χ1) is 19.6. The van der Waals surface area contributed by atoms with Crippen molar-refractivity contribution in [1.82, 2.24) is 29.7 Å². The van der Waals surface area contributed by atoms with Gasteiger partial charge in [-0.25, -0.2) is 19.9 Å². The summed E-state index contributed by atoms with van der Waals surface area (Å²) in [7, 11) is 0. The van der Waals surface area contributed by atoms with Crippen LogP contribution in [-0.4, -0.2) is 61.1 Å². The molecule has 0 bridgehead atoms. The van der Waals surface area contributed by atoms with Gasteiger partial charge in [0.2, 0.25) is 11.8 Å². The van der Waals surface area contributed by atoms with Crippen LogP contribution < -0.4 is 16.0 Å². The fraction of sp³-hybridized carbons (Fsp3) is 0.690. The lowest BCUT2D eigenvalue weighted by molar-refractivity contribution is 0.0247. The van der Waals surface area contributed by atoms with Crippen molar-refractivity contribution in [3.05, 3.63) is 23.2 Å². The van der Waals surface area contributed by atoms with Crippen LogP contribution in [0.15, 0.2) is 21.9 Å². The smallest absolute Gasteiger partial charge is 0.384 e. The molecule has 1 saturated heterocycles. The first-order valence-electron chi connectivity index (χ1n) is 15.2. The molecular formula is C29H40N8O3. The Hall–Kier alpha value is -3.21. The first kappa shape index (κ1) is 25.7. The van der Waals surface area contributed by atoms with E-state index in [0.717, 1.165) is 43.2 Å². The van der Waals surface area contributed by atoms with E-state index < -0.39 is 5.76 Å². The number of aromatic nitrogens is 6. The summed E-state index contributed by atoms with van der Waals surface area (Å²) < 4.78 is 13.8. The number of nitrogens with one attached hydrogen (secondary N) is 2. The van der Waals surface area contributed by atoms with Gasteiger partial charge in [0.15, 0.2) is 11.5 Å². The monoisotopic (exact) mass is 548 g/mol. The third kappa shape index (κ3) is 4.71. The molecule has 4 heterocycles. The van der Waals surface area contributed by atoms with Crippen molar-refractivity contribution in [2.45, 2.75) is 95.9 Å². The highest BCUT2D eigenvalue weighted by Crippen LogP contribution is 2.39. The Morgan fingerprint density at radius 2 is 1.93 bits per heavy atom. The van der Waals surface area contributed by atoms with Crippen molar-refractivity contribution in [3.63, 3.8) is 0 Å². The van der Waals surface area contributed by atoms with Crippen molar-refractivity contribution in [1.29, 1.82) is 0 Å². The zero-order chi connectivity index (χ0) is 27.2. The van der Waals surface area contributed by atoms with Crippen LogP contribution >= 0.6 is 0 Å². The molecule has 4 aliphatic rings. The summed E-state index contributed by atoms with van der Waals surface area (Å²) in [5.74, 6) is 3.18. The third-order valence-electron chi connectivity index (χ3n) is 9.84. The normalized spacial score (nSPS) is 27.9.